The van der Waals surface area contributed by atoms with Crippen molar-refractivity contribution in [3.8, 4) is 0 Å². The van der Waals surface area contributed by atoms with E-state index in [1.54, 1.807) is 0 Å². The van der Waals surface area contributed by atoms with Crippen LogP contribution in [0.5, 0.6) is 0 Å². The van der Waals surface area contributed by atoms with E-state index in [0.29, 0.717) is 0 Å². The first kappa shape index (κ1) is 13.0. The summed E-state index contributed by atoms with van der Waals surface area (Å²) >= 11 is 2.15. The van der Waals surface area contributed by atoms with Crippen LogP contribution in [0.25, 0.3) is 0 Å². The third-order valence-electron chi connectivity index (χ3n) is 3.46. The molecule has 17 heavy (non-hydrogen) atoms. The predicted molar refractivity (Wildman–Crippen MR) is 77.6 cm³/mol. The van der Waals surface area contributed by atoms with Crippen LogP contribution in [0.2, 0.25) is 0 Å². The summed E-state index contributed by atoms with van der Waals surface area (Å²) in [4.78, 5) is 0. The van der Waals surface area contributed by atoms with E-state index < -0.39 is 0 Å². The molecule has 1 aliphatic rings. The zero-order valence-corrected chi connectivity index (χ0v) is 11.6. The number of hydrogen-bond acceptors (Lipinski definition) is 2. The molecule has 1 heterocycles. The minimum atomic E-state index is 0.845. The van der Waals surface area contributed by atoms with Crippen molar-refractivity contribution >= 4 is 11.8 Å². The van der Waals surface area contributed by atoms with E-state index in [1.807, 2.05) is 0 Å². The fourth-order valence-electron chi connectivity index (χ4n) is 2.41. The summed E-state index contributed by atoms with van der Waals surface area (Å²) in [6.45, 7) is 4.43. The van der Waals surface area contributed by atoms with Gasteiger partial charge < -0.3 is 5.32 Å². The Morgan fingerprint density at radius 3 is 2.76 bits per heavy atom. The normalized spacial score (nSPS) is 20.4. The molecule has 1 aliphatic heterocycles. The Labute approximate surface area is 109 Å². The summed E-state index contributed by atoms with van der Waals surface area (Å²) in [5, 5.41) is 4.47. The smallest absolute Gasteiger partial charge is 0.0208 e. The summed E-state index contributed by atoms with van der Waals surface area (Å²) in [6, 6.07) is 8.77. The maximum absolute atomic E-state index is 3.63. The summed E-state index contributed by atoms with van der Waals surface area (Å²) < 4.78 is 0. The number of benzene rings is 1. The van der Waals surface area contributed by atoms with Crippen LogP contribution in [0.1, 0.15) is 37.3 Å². The lowest BCUT2D eigenvalue weighted by atomic mass is 10.1. The molecule has 2 rings (SSSR count). The highest BCUT2D eigenvalue weighted by Gasteiger charge is 2.13. The molecule has 1 N–H and O–H groups in total. The Morgan fingerprint density at radius 2 is 2.06 bits per heavy atom. The van der Waals surface area contributed by atoms with E-state index >= 15 is 0 Å². The standard InChI is InChI=1S/C15H23NS/c1-2-13-7-3-4-8-14(13)11-16-12-15-9-5-6-10-17-15/h3-4,7-8,15-16H,2,5-6,9-12H2,1H3. The molecule has 0 spiro atoms. The molecule has 0 radical (unpaired) electrons. The molecule has 1 aromatic carbocycles. The zero-order chi connectivity index (χ0) is 11.9. The van der Waals surface area contributed by atoms with E-state index in [1.165, 1.54) is 42.7 Å². The van der Waals surface area contributed by atoms with E-state index in [2.05, 4.69) is 48.3 Å². The predicted octanol–water partition coefficient (Wildman–Crippen LogP) is 3.62. The van der Waals surface area contributed by atoms with Gasteiger partial charge in [0.25, 0.3) is 0 Å². The largest absolute Gasteiger partial charge is 0.312 e. The summed E-state index contributed by atoms with van der Waals surface area (Å²) in [7, 11) is 0. The average molecular weight is 249 g/mol. The second-order valence-corrected chi connectivity index (χ2v) is 6.15. The molecule has 1 nitrogen and oxygen atoms in total. The third kappa shape index (κ3) is 4.04. The van der Waals surface area contributed by atoms with Crippen LogP contribution in [-0.4, -0.2) is 17.5 Å². The van der Waals surface area contributed by atoms with Gasteiger partial charge >= 0.3 is 0 Å². The van der Waals surface area contributed by atoms with Gasteiger partial charge in [0.05, 0.1) is 0 Å². The molecular weight excluding hydrogens is 226 g/mol. The number of nitrogens with one attached hydrogen (secondary N) is 1. The topological polar surface area (TPSA) is 12.0 Å². The fraction of sp³-hybridized carbons (Fsp3) is 0.600. The van der Waals surface area contributed by atoms with Gasteiger partial charge in [-0.05, 0) is 36.1 Å². The van der Waals surface area contributed by atoms with Crippen LogP contribution < -0.4 is 5.32 Å². The zero-order valence-electron chi connectivity index (χ0n) is 10.7. The minimum Gasteiger partial charge on any atom is -0.312 e. The number of hydrogen-bond donors (Lipinski definition) is 1. The maximum Gasteiger partial charge on any atom is 0.0208 e. The van der Waals surface area contributed by atoms with Gasteiger partial charge in [0.2, 0.25) is 0 Å². The average Bonchev–Trinajstić information content (AvgIpc) is 2.40. The first-order valence-electron chi connectivity index (χ1n) is 6.79. The van der Waals surface area contributed by atoms with Crippen molar-refractivity contribution in [3.05, 3.63) is 35.4 Å². The van der Waals surface area contributed by atoms with E-state index in [9.17, 15) is 0 Å². The molecule has 0 aliphatic carbocycles. The van der Waals surface area contributed by atoms with Crippen LogP contribution in [0.3, 0.4) is 0 Å². The Kier molecular flexibility index (Phi) is 5.40. The van der Waals surface area contributed by atoms with Crippen molar-refractivity contribution in [2.24, 2.45) is 0 Å². The molecule has 1 unspecified atom stereocenters. The van der Waals surface area contributed by atoms with Gasteiger partial charge in [-0.1, -0.05) is 37.6 Å². The van der Waals surface area contributed by atoms with Crippen molar-refractivity contribution in [2.75, 3.05) is 12.3 Å². The molecule has 0 amide bonds. The SMILES string of the molecule is CCc1ccccc1CNCC1CCCCS1. The van der Waals surface area contributed by atoms with Crippen molar-refractivity contribution in [3.63, 3.8) is 0 Å². The highest BCUT2D eigenvalue weighted by Crippen LogP contribution is 2.24. The Bertz CT molecular complexity index is 331. The number of aryl methyl sites for hydroxylation is 1. The van der Waals surface area contributed by atoms with Gasteiger partial charge in [-0.15, -0.1) is 0 Å². The Hall–Kier alpha value is -0.470. The fourth-order valence-corrected chi connectivity index (χ4v) is 3.68. The lowest BCUT2D eigenvalue weighted by Gasteiger charge is -2.21. The third-order valence-corrected chi connectivity index (χ3v) is 4.86. The first-order valence-corrected chi connectivity index (χ1v) is 7.84. The van der Waals surface area contributed by atoms with E-state index in [-0.39, 0.29) is 0 Å². The monoisotopic (exact) mass is 249 g/mol. The maximum atomic E-state index is 3.63. The summed E-state index contributed by atoms with van der Waals surface area (Å²) in [5.74, 6) is 1.36. The van der Waals surface area contributed by atoms with Crippen LogP contribution >= 0.6 is 11.8 Å². The number of thioether (sulfide) groups is 1. The quantitative estimate of drug-likeness (QED) is 0.855. The molecule has 0 saturated carbocycles. The number of rotatable bonds is 5. The first-order chi connectivity index (χ1) is 8.40. The molecule has 1 saturated heterocycles. The summed E-state index contributed by atoms with van der Waals surface area (Å²) in [6.07, 6.45) is 5.37. The highest BCUT2D eigenvalue weighted by molar-refractivity contribution is 7.99. The van der Waals surface area contributed by atoms with Gasteiger partial charge in [0.1, 0.15) is 0 Å². The van der Waals surface area contributed by atoms with Crippen molar-refractivity contribution in [1.82, 2.24) is 5.32 Å². The minimum absolute atomic E-state index is 0.845. The molecule has 0 bridgehead atoms. The van der Waals surface area contributed by atoms with Gasteiger partial charge in [-0.2, -0.15) is 11.8 Å². The van der Waals surface area contributed by atoms with Gasteiger partial charge in [0, 0.05) is 18.3 Å². The van der Waals surface area contributed by atoms with Crippen LogP contribution in [-0.2, 0) is 13.0 Å². The van der Waals surface area contributed by atoms with Crippen LogP contribution in [0, 0.1) is 0 Å². The molecule has 0 aromatic heterocycles. The van der Waals surface area contributed by atoms with Gasteiger partial charge in [0.15, 0.2) is 0 Å². The van der Waals surface area contributed by atoms with Crippen molar-refractivity contribution in [1.29, 1.82) is 0 Å². The van der Waals surface area contributed by atoms with Gasteiger partial charge in [-0.3, -0.25) is 0 Å². The lowest BCUT2D eigenvalue weighted by molar-refractivity contribution is 0.596. The lowest BCUT2D eigenvalue weighted by Crippen LogP contribution is -2.26. The Balaban J connectivity index is 1.77. The van der Waals surface area contributed by atoms with Crippen molar-refractivity contribution in [2.45, 2.75) is 44.4 Å². The van der Waals surface area contributed by atoms with Crippen molar-refractivity contribution < 1.29 is 0 Å². The molecule has 1 fully saturated rings. The molecule has 94 valence electrons. The second-order valence-electron chi connectivity index (χ2n) is 4.74. The van der Waals surface area contributed by atoms with Crippen LogP contribution in [0.15, 0.2) is 24.3 Å². The second kappa shape index (κ2) is 7.07. The molecular formula is C15H23NS. The van der Waals surface area contributed by atoms with E-state index in [4.69, 9.17) is 0 Å². The molecule has 1 atom stereocenters. The molecule has 1 aromatic rings. The Morgan fingerprint density at radius 1 is 1.24 bits per heavy atom. The van der Waals surface area contributed by atoms with Crippen LogP contribution in [0.4, 0.5) is 0 Å². The van der Waals surface area contributed by atoms with E-state index in [0.717, 1.165) is 18.2 Å². The highest BCUT2D eigenvalue weighted by atomic mass is 32.2. The molecule has 2 heteroatoms. The summed E-state index contributed by atoms with van der Waals surface area (Å²) in [5.41, 5.74) is 2.95. The van der Waals surface area contributed by atoms with Gasteiger partial charge in [-0.25, -0.2) is 0 Å².